The standard InChI is InChI=1S/C15H19ClN2O3/c1-15(6-2-3-7-15)17-9-13(19)18-12-8-10(14(20)21)4-5-11(12)16/h4-5,8,17H,2-3,6-7,9H2,1H3,(H,18,19)(H,20,21). The van der Waals surface area contributed by atoms with E-state index < -0.39 is 5.97 Å². The van der Waals surface area contributed by atoms with E-state index in [-0.39, 0.29) is 23.6 Å². The Morgan fingerprint density at radius 1 is 1.33 bits per heavy atom. The topological polar surface area (TPSA) is 78.4 Å². The van der Waals surface area contributed by atoms with E-state index in [0.29, 0.717) is 10.7 Å². The highest BCUT2D eigenvalue weighted by Crippen LogP contribution is 2.28. The van der Waals surface area contributed by atoms with E-state index >= 15 is 0 Å². The molecule has 0 saturated heterocycles. The molecule has 1 fully saturated rings. The van der Waals surface area contributed by atoms with Crippen molar-refractivity contribution in [3.63, 3.8) is 0 Å². The number of aromatic carboxylic acids is 1. The van der Waals surface area contributed by atoms with Gasteiger partial charge in [0.25, 0.3) is 0 Å². The molecule has 0 radical (unpaired) electrons. The van der Waals surface area contributed by atoms with Crippen molar-refractivity contribution in [3.05, 3.63) is 28.8 Å². The molecule has 0 aliphatic heterocycles. The minimum Gasteiger partial charge on any atom is -0.478 e. The number of nitrogens with one attached hydrogen (secondary N) is 2. The fourth-order valence-electron chi connectivity index (χ4n) is 2.57. The summed E-state index contributed by atoms with van der Waals surface area (Å²) in [5.74, 6) is -1.29. The first-order valence-electron chi connectivity index (χ1n) is 6.97. The first kappa shape index (κ1) is 15.8. The summed E-state index contributed by atoms with van der Waals surface area (Å²) in [6.07, 6.45) is 4.49. The fraction of sp³-hybridized carbons (Fsp3) is 0.467. The van der Waals surface area contributed by atoms with Crippen LogP contribution in [0.1, 0.15) is 43.0 Å². The molecule has 1 aliphatic carbocycles. The highest BCUT2D eigenvalue weighted by Gasteiger charge is 2.28. The largest absolute Gasteiger partial charge is 0.478 e. The molecule has 0 atom stereocenters. The number of carbonyl (C=O) groups excluding carboxylic acids is 1. The zero-order valence-corrected chi connectivity index (χ0v) is 12.7. The molecule has 0 unspecified atom stereocenters. The molecule has 1 amide bonds. The van der Waals surface area contributed by atoms with Gasteiger partial charge in [-0.15, -0.1) is 0 Å². The normalized spacial score (nSPS) is 16.7. The Hall–Kier alpha value is -1.59. The summed E-state index contributed by atoms with van der Waals surface area (Å²) in [4.78, 5) is 22.9. The monoisotopic (exact) mass is 310 g/mol. The molecule has 1 aromatic carbocycles. The van der Waals surface area contributed by atoms with E-state index in [9.17, 15) is 9.59 Å². The van der Waals surface area contributed by atoms with Gasteiger partial charge >= 0.3 is 5.97 Å². The second-order valence-corrected chi connectivity index (χ2v) is 6.08. The number of rotatable bonds is 5. The minimum absolute atomic E-state index is 0.0179. The third-order valence-electron chi connectivity index (χ3n) is 3.87. The van der Waals surface area contributed by atoms with Gasteiger partial charge in [0, 0.05) is 5.54 Å². The summed E-state index contributed by atoms with van der Waals surface area (Å²) < 4.78 is 0. The number of amides is 1. The van der Waals surface area contributed by atoms with Crippen LogP contribution in [-0.2, 0) is 4.79 Å². The van der Waals surface area contributed by atoms with Crippen LogP contribution < -0.4 is 10.6 Å². The summed E-state index contributed by atoms with van der Waals surface area (Å²) in [5.41, 5.74) is 0.426. The maximum Gasteiger partial charge on any atom is 0.335 e. The van der Waals surface area contributed by atoms with Crippen LogP contribution in [0.25, 0.3) is 0 Å². The van der Waals surface area contributed by atoms with E-state index in [1.54, 1.807) is 0 Å². The molecular formula is C15H19ClN2O3. The van der Waals surface area contributed by atoms with E-state index in [1.807, 2.05) is 0 Å². The van der Waals surface area contributed by atoms with Crippen LogP contribution in [0.2, 0.25) is 5.02 Å². The van der Waals surface area contributed by atoms with Gasteiger partial charge in [0.05, 0.1) is 22.8 Å². The van der Waals surface area contributed by atoms with Crippen molar-refractivity contribution in [3.8, 4) is 0 Å². The Morgan fingerprint density at radius 3 is 2.62 bits per heavy atom. The highest BCUT2D eigenvalue weighted by atomic mass is 35.5. The molecule has 3 N–H and O–H groups in total. The number of carbonyl (C=O) groups is 2. The summed E-state index contributed by atoms with van der Waals surface area (Å²) in [6.45, 7) is 2.30. The van der Waals surface area contributed by atoms with Gasteiger partial charge in [-0.2, -0.15) is 0 Å². The van der Waals surface area contributed by atoms with Crippen molar-refractivity contribution in [2.45, 2.75) is 38.1 Å². The summed E-state index contributed by atoms with van der Waals surface area (Å²) in [5, 5.41) is 15.2. The van der Waals surface area contributed by atoms with Gasteiger partial charge in [-0.1, -0.05) is 24.4 Å². The number of carboxylic acids is 1. The summed E-state index contributed by atoms with van der Waals surface area (Å²) >= 11 is 5.97. The molecule has 114 valence electrons. The molecule has 1 aliphatic rings. The van der Waals surface area contributed by atoms with Gasteiger partial charge in [-0.05, 0) is 38.0 Å². The predicted octanol–water partition coefficient (Wildman–Crippen LogP) is 2.90. The molecule has 5 nitrogen and oxygen atoms in total. The highest BCUT2D eigenvalue weighted by molar-refractivity contribution is 6.33. The Kier molecular flexibility index (Phi) is 4.85. The van der Waals surface area contributed by atoms with Gasteiger partial charge in [-0.3, -0.25) is 4.79 Å². The Balaban J connectivity index is 1.96. The maximum atomic E-state index is 12.0. The molecule has 0 spiro atoms. The number of benzene rings is 1. The third-order valence-corrected chi connectivity index (χ3v) is 4.20. The van der Waals surface area contributed by atoms with Crippen LogP contribution in [0.4, 0.5) is 5.69 Å². The Morgan fingerprint density at radius 2 is 2.00 bits per heavy atom. The number of hydrogen-bond donors (Lipinski definition) is 3. The fourth-order valence-corrected chi connectivity index (χ4v) is 2.74. The summed E-state index contributed by atoms with van der Waals surface area (Å²) in [7, 11) is 0. The zero-order valence-electron chi connectivity index (χ0n) is 11.9. The van der Waals surface area contributed by atoms with Crippen LogP contribution in [0, 0.1) is 0 Å². The number of carboxylic acid groups (broad SMARTS) is 1. The average molecular weight is 311 g/mol. The Labute approximate surface area is 128 Å². The van der Waals surface area contributed by atoms with Crippen molar-refractivity contribution in [2.24, 2.45) is 0 Å². The smallest absolute Gasteiger partial charge is 0.335 e. The molecule has 1 aromatic rings. The molecule has 21 heavy (non-hydrogen) atoms. The van der Waals surface area contributed by atoms with Gasteiger partial charge in [0.15, 0.2) is 0 Å². The summed E-state index contributed by atoms with van der Waals surface area (Å²) in [6, 6.07) is 4.23. The minimum atomic E-state index is -1.06. The van der Waals surface area contributed by atoms with E-state index in [0.717, 1.165) is 12.8 Å². The van der Waals surface area contributed by atoms with Crippen molar-refractivity contribution in [1.29, 1.82) is 0 Å². The lowest BCUT2D eigenvalue weighted by molar-refractivity contribution is -0.115. The molecule has 0 aromatic heterocycles. The second kappa shape index (κ2) is 6.45. The van der Waals surface area contributed by atoms with Crippen molar-refractivity contribution in [1.82, 2.24) is 5.32 Å². The quantitative estimate of drug-likeness (QED) is 0.781. The second-order valence-electron chi connectivity index (χ2n) is 5.67. The van der Waals surface area contributed by atoms with Crippen molar-refractivity contribution in [2.75, 3.05) is 11.9 Å². The lowest BCUT2D eigenvalue weighted by Crippen LogP contribution is -2.43. The number of hydrogen-bond acceptors (Lipinski definition) is 3. The van der Waals surface area contributed by atoms with Gasteiger partial charge < -0.3 is 15.7 Å². The molecule has 2 rings (SSSR count). The van der Waals surface area contributed by atoms with Crippen LogP contribution in [0.3, 0.4) is 0 Å². The lowest BCUT2D eigenvalue weighted by atomic mass is 10.0. The van der Waals surface area contributed by atoms with Gasteiger partial charge in [0.2, 0.25) is 5.91 Å². The third kappa shape index (κ3) is 4.19. The molecule has 0 heterocycles. The predicted molar refractivity (Wildman–Crippen MR) is 81.9 cm³/mol. The van der Waals surface area contributed by atoms with Gasteiger partial charge in [-0.25, -0.2) is 4.79 Å². The van der Waals surface area contributed by atoms with E-state index in [4.69, 9.17) is 16.7 Å². The zero-order chi connectivity index (χ0) is 15.5. The van der Waals surface area contributed by atoms with E-state index in [2.05, 4.69) is 17.6 Å². The SMILES string of the molecule is CC1(NCC(=O)Nc2cc(C(=O)O)ccc2Cl)CCCC1. The van der Waals surface area contributed by atoms with Crippen molar-refractivity contribution < 1.29 is 14.7 Å². The van der Waals surface area contributed by atoms with Crippen LogP contribution >= 0.6 is 11.6 Å². The Bertz CT molecular complexity index is 554. The molecule has 1 saturated carbocycles. The van der Waals surface area contributed by atoms with Crippen LogP contribution in [-0.4, -0.2) is 29.1 Å². The van der Waals surface area contributed by atoms with Gasteiger partial charge in [0.1, 0.15) is 0 Å². The maximum absolute atomic E-state index is 12.0. The first-order chi connectivity index (χ1) is 9.89. The molecule has 0 bridgehead atoms. The number of halogens is 1. The van der Waals surface area contributed by atoms with Crippen LogP contribution in [0.5, 0.6) is 0 Å². The molecular weight excluding hydrogens is 292 g/mol. The van der Waals surface area contributed by atoms with E-state index in [1.165, 1.54) is 31.0 Å². The number of anilines is 1. The first-order valence-corrected chi connectivity index (χ1v) is 7.35. The average Bonchev–Trinajstić information content (AvgIpc) is 2.86. The van der Waals surface area contributed by atoms with Crippen molar-refractivity contribution >= 4 is 29.2 Å². The lowest BCUT2D eigenvalue weighted by Gasteiger charge is -2.25. The van der Waals surface area contributed by atoms with Crippen LogP contribution in [0.15, 0.2) is 18.2 Å². The molecule has 6 heteroatoms.